The molecule has 0 amide bonds. The maximum absolute atomic E-state index is 10.0. The van der Waals surface area contributed by atoms with Gasteiger partial charge in [-0.1, -0.05) is 27.7 Å². The molecule has 0 aliphatic rings. The molecule has 104 valence electrons. The molecule has 1 N–H and O–H groups in total. The van der Waals surface area contributed by atoms with Crippen LogP contribution in [0.2, 0.25) is 0 Å². The summed E-state index contributed by atoms with van der Waals surface area (Å²) in [6, 6.07) is 0. The summed E-state index contributed by atoms with van der Waals surface area (Å²) in [4.78, 5) is 4.65. The first-order valence-corrected chi connectivity index (χ1v) is 6.82. The summed E-state index contributed by atoms with van der Waals surface area (Å²) in [5.41, 5.74) is 0.00302. The molecule has 3 nitrogen and oxygen atoms in total. The average Bonchev–Trinajstić information content (AvgIpc) is 2.20. The van der Waals surface area contributed by atoms with E-state index in [1.807, 2.05) is 0 Å². The quantitative estimate of drug-likeness (QED) is 0.708. The first-order valence-electron chi connectivity index (χ1n) is 6.82. The Balaban J connectivity index is 3.82. The molecule has 0 aliphatic carbocycles. The summed E-state index contributed by atoms with van der Waals surface area (Å²) in [6.07, 6.45) is 1.87. The number of aliphatic hydroxyl groups is 1. The molecule has 0 heterocycles. The van der Waals surface area contributed by atoms with Gasteiger partial charge in [0, 0.05) is 6.54 Å². The van der Waals surface area contributed by atoms with Crippen molar-refractivity contribution >= 4 is 0 Å². The van der Waals surface area contributed by atoms with Crippen molar-refractivity contribution in [1.29, 1.82) is 0 Å². The molecular formula is C14H32N2O. The van der Waals surface area contributed by atoms with Gasteiger partial charge in [0.05, 0.1) is 6.10 Å². The van der Waals surface area contributed by atoms with Crippen molar-refractivity contribution < 1.29 is 5.11 Å². The Morgan fingerprint density at radius 2 is 1.65 bits per heavy atom. The summed E-state index contributed by atoms with van der Waals surface area (Å²) in [7, 11) is 4.22. The standard InChI is InChI=1S/C14H32N2O/c1-7-16(11-8-10-15(5)6)12-9-13(17)14(2,3)4/h13,17H,7-12H2,1-6H3. The van der Waals surface area contributed by atoms with E-state index in [0.29, 0.717) is 0 Å². The molecule has 0 saturated heterocycles. The van der Waals surface area contributed by atoms with E-state index in [9.17, 15) is 5.11 Å². The lowest BCUT2D eigenvalue weighted by Gasteiger charge is -2.29. The van der Waals surface area contributed by atoms with Gasteiger partial charge < -0.3 is 14.9 Å². The van der Waals surface area contributed by atoms with E-state index in [1.54, 1.807) is 0 Å². The van der Waals surface area contributed by atoms with Gasteiger partial charge in [0.25, 0.3) is 0 Å². The Kier molecular flexibility index (Phi) is 8.01. The topological polar surface area (TPSA) is 26.7 Å². The van der Waals surface area contributed by atoms with Crippen LogP contribution in [0, 0.1) is 5.41 Å². The summed E-state index contributed by atoms with van der Waals surface area (Å²) < 4.78 is 0. The molecule has 3 heteroatoms. The van der Waals surface area contributed by atoms with Crippen LogP contribution in [0.1, 0.15) is 40.5 Å². The zero-order valence-corrected chi connectivity index (χ0v) is 12.7. The molecule has 0 bridgehead atoms. The Hall–Kier alpha value is -0.120. The molecule has 0 aliphatic heterocycles. The number of hydrogen-bond donors (Lipinski definition) is 1. The molecule has 1 unspecified atom stereocenters. The molecule has 0 radical (unpaired) electrons. The second-order valence-corrected chi connectivity index (χ2v) is 6.26. The van der Waals surface area contributed by atoms with Crippen molar-refractivity contribution in [2.75, 3.05) is 40.3 Å². The van der Waals surface area contributed by atoms with Crippen molar-refractivity contribution in [1.82, 2.24) is 9.80 Å². The fraction of sp³-hybridized carbons (Fsp3) is 1.00. The number of rotatable bonds is 8. The van der Waals surface area contributed by atoms with Crippen LogP contribution in [0.3, 0.4) is 0 Å². The zero-order valence-electron chi connectivity index (χ0n) is 12.7. The minimum Gasteiger partial charge on any atom is -0.393 e. The third kappa shape index (κ3) is 8.58. The van der Waals surface area contributed by atoms with Crippen LogP contribution in [-0.2, 0) is 0 Å². The summed E-state index contributed by atoms with van der Waals surface area (Å²) in [5, 5.41) is 10.0. The SMILES string of the molecule is CCN(CCCN(C)C)CCC(O)C(C)(C)C. The van der Waals surface area contributed by atoms with Gasteiger partial charge in [-0.15, -0.1) is 0 Å². The normalized spacial score (nSPS) is 14.6. The predicted molar refractivity (Wildman–Crippen MR) is 75.4 cm³/mol. The predicted octanol–water partition coefficient (Wildman–Crippen LogP) is 2.06. The largest absolute Gasteiger partial charge is 0.393 e. The Morgan fingerprint density at radius 3 is 2.06 bits per heavy atom. The monoisotopic (exact) mass is 244 g/mol. The summed E-state index contributed by atoms with van der Waals surface area (Å²) >= 11 is 0. The van der Waals surface area contributed by atoms with Crippen LogP contribution >= 0.6 is 0 Å². The fourth-order valence-electron chi connectivity index (χ4n) is 1.78. The number of aliphatic hydroxyl groups excluding tert-OH is 1. The van der Waals surface area contributed by atoms with Crippen molar-refractivity contribution in [3.05, 3.63) is 0 Å². The lowest BCUT2D eigenvalue weighted by Crippen LogP contribution is -2.34. The van der Waals surface area contributed by atoms with Crippen molar-refractivity contribution in [3.8, 4) is 0 Å². The highest BCUT2D eigenvalue weighted by atomic mass is 16.3. The highest BCUT2D eigenvalue weighted by Crippen LogP contribution is 2.21. The van der Waals surface area contributed by atoms with Gasteiger partial charge in [-0.3, -0.25) is 0 Å². The minimum absolute atomic E-state index is 0.00302. The molecule has 0 aromatic rings. The van der Waals surface area contributed by atoms with Gasteiger partial charge in [0.2, 0.25) is 0 Å². The molecule has 0 aromatic carbocycles. The zero-order chi connectivity index (χ0) is 13.5. The first-order chi connectivity index (χ1) is 7.77. The highest BCUT2D eigenvalue weighted by molar-refractivity contribution is 4.74. The number of nitrogens with zero attached hydrogens (tertiary/aromatic N) is 2. The number of hydrogen-bond acceptors (Lipinski definition) is 3. The van der Waals surface area contributed by atoms with Crippen molar-refractivity contribution in [2.45, 2.75) is 46.6 Å². The molecular weight excluding hydrogens is 212 g/mol. The third-order valence-electron chi connectivity index (χ3n) is 3.25. The van der Waals surface area contributed by atoms with E-state index in [2.05, 4.69) is 51.6 Å². The third-order valence-corrected chi connectivity index (χ3v) is 3.25. The van der Waals surface area contributed by atoms with Gasteiger partial charge in [0.1, 0.15) is 0 Å². The molecule has 0 spiro atoms. The van der Waals surface area contributed by atoms with Crippen molar-refractivity contribution in [2.24, 2.45) is 5.41 Å². The van der Waals surface area contributed by atoms with Crippen LogP contribution in [-0.4, -0.2) is 61.3 Å². The van der Waals surface area contributed by atoms with Crippen molar-refractivity contribution in [3.63, 3.8) is 0 Å². The lowest BCUT2D eigenvalue weighted by molar-refractivity contribution is 0.0458. The smallest absolute Gasteiger partial charge is 0.0600 e. The highest BCUT2D eigenvalue weighted by Gasteiger charge is 2.22. The van der Waals surface area contributed by atoms with E-state index in [-0.39, 0.29) is 11.5 Å². The minimum atomic E-state index is -0.203. The van der Waals surface area contributed by atoms with Gasteiger partial charge in [-0.05, 0) is 52.0 Å². The van der Waals surface area contributed by atoms with Crippen LogP contribution in [0.5, 0.6) is 0 Å². The van der Waals surface area contributed by atoms with Gasteiger partial charge in [-0.2, -0.15) is 0 Å². The average molecular weight is 244 g/mol. The second kappa shape index (κ2) is 8.06. The molecule has 0 rings (SSSR count). The molecule has 1 atom stereocenters. The second-order valence-electron chi connectivity index (χ2n) is 6.26. The summed E-state index contributed by atoms with van der Waals surface area (Å²) in [6.45, 7) is 12.8. The van der Waals surface area contributed by atoms with Crippen LogP contribution < -0.4 is 0 Å². The van der Waals surface area contributed by atoms with E-state index in [1.165, 1.54) is 6.42 Å². The lowest BCUT2D eigenvalue weighted by atomic mass is 9.87. The Morgan fingerprint density at radius 1 is 1.06 bits per heavy atom. The molecule has 0 aromatic heterocycles. The van der Waals surface area contributed by atoms with Crippen LogP contribution in [0.15, 0.2) is 0 Å². The van der Waals surface area contributed by atoms with E-state index < -0.39 is 0 Å². The van der Waals surface area contributed by atoms with Crippen LogP contribution in [0.4, 0.5) is 0 Å². The molecule has 0 fully saturated rings. The molecule has 17 heavy (non-hydrogen) atoms. The van der Waals surface area contributed by atoms with Crippen LogP contribution in [0.25, 0.3) is 0 Å². The van der Waals surface area contributed by atoms with E-state index in [0.717, 1.165) is 32.6 Å². The fourth-order valence-corrected chi connectivity index (χ4v) is 1.78. The Bertz CT molecular complexity index is 187. The maximum Gasteiger partial charge on any atom is 0.0600 e. The Labute approximate surface area is 108 Å². The van der Waals surface area contributed by atoms with Gasteiger partial charge in [-0.25, -0.2) is 0 Å². The van der Waals surface area contributed by atoms with Gasteiger partial charge in [0.15, 0.2) is 0 Å². The van der Waals surface area contributed by atoms with E-state index in [4.69, 9.17) is 0 Å². The molecule has 0 saturated carbocycles. The first kappa shape index (κ1) is 16.9. The summed E-state index contributed by atoms with van der Waals surface area (Å²) in [5.74, 6) is 0. The van der Waals surface area contributed by atoms with Gasteiger partial charge >= 0.3 is 0 Å². The van der Waals surface area contributed by atoms with E-state index >= 15 is 0 Å². The maximum atomic E-state index is 10.0.